The summed E-state index contributed by atoms with van der Waals surface area (Å²) >= 11 is 4.77. The van der Waals surface area contributed by atoms with Gasteiger partial charge in [-0.1, -0.05) is 30.0 Å². The molecule has 3 nitrogen and oxygen atoms in total. The predicted molar refractivity (Wildman–Crippen MR) is 98.4 cm³/mol. The standard InChI is InChI=1S/C16H16N2OS3/c1-4-18-15(19)13-11(12-6-5-7-20-12)9-21-14(13)17-16(18)22-8-10(2)3/h5-7,9H,2,4,8H2,1,3H3. The number of thiophene rings is 2. The highest BCUT2D eigenvalue weighted by Gasteiger charge is 2.17. The fourth-order valence-electron chi connectivity index (χ4n) is 2.20. The van der Waals surface area contributed by atoms with E-state index < -0.39 is 0 Å². The summed E-state index contributed by atoms with van der Waals surface area (Å²) in [6, 6.07) is 4.05. The summed E-state index contributed by atoms with van der Waals surface area (Å²) in [4.78, 5) is 19.6. The number of rotatable bonds is 5. The summed E-state index contributed by atoms with van der Waals surface area (Å²) in [5.41, 5.74) is 2.14. The highest BCUT2D eigenvalue weighted by Crippen LogP contribution is 2.34. The Kier molecular flexibility index (Phi) is 4.52. The smallest absolute Gasteiger partial charge is 0.263 e. The second-order valence-corrected chi connectivity index (χ2v) is 7.74. The zero-order valence-corrected chi connectivity index (χ0v) is 14.9. The molecule has 0 amide bonds. The first-order chi connectivity index (χ1) is 10.6. The number of hydrogen-bond donors (Lipinski definition) is 0. The van der Waals surface area contributed by atoms with Gasteiger partial charge in [0, 0.05) is 28.1 Å². The highest BCUT2D eigenvalue weighted by molar-refractivity contribution is 7.99. The average Bonchev–Trinajstić information content (AvgIpc) is 3.13. The minimum absolute atomic E-state index is 0.0568. The summed E-state index contributed by atoms with van der Waals surface area (Å²) in [5.74, 6) is 0.779. The molecule has 0 aromatic carbocycles. The predicted octanol–water partition coefficient (Wildman–Crippen LogP) is 4.87. The van der Waals surface area contributed by atoms with Gasteiger partial charge in [-0.05, 0) is 25.3 Å². The Bertz CT molecular complexity index is 875. The molecule has 0 atom stereocenters. The molecule has 0 saturated carbocycles. The first-order valence-electron chi connectivity index (χ1n) is 6.95. The van der Waals surface area contributed by atoms with Crippen LogP contribution >= 0.6 is 34.4 Å². The molecule has 0 aliphatic carbocycles. The lowest BCUT2D eigenvalue weighted by Crippen LogP contribution is -2.22. The Morgan fingerprint density at radius 2 is 2.27 bits per heavy atom. The van der Waals surface area contributed by atoms with Crippen LogP contribution in [0.3, 0.4) is 0 Å². The summed E-state index contributed by atoms with van der Waals surface area (Å²) < 4.78 is 1.76. The van der Waals surface area contributed by atoms with E-state index in [0.717, 1.165) is 37.1 Å². The number of nitrogens with zero attached hydrogens (tertiary/aromatic N) is 2. The summed E-state index contributed by atoms with van der Waals surface area (Å²) in [6.45, 7) is 8.51. The van der Waals surface area contributed by atoms with Crippen LogP contribution in [0, 0.1) is 0 Å². The molecular formula is C16H16N2OS3. The number of hydrogen-bond acceptors (Lipinski definition) is 5. The van der Waals surface area contributed by atoms with Gasteiger partial charge in [0.25, 0.3) is 5.56 Å². The first kappa shape index (κ1) is 15.5. The van der Waals surface area contributed by atoms with Gasteiger partial charge in [0.1, 0.15) is 4.83 Å². The van der Waals surface area contributed by atoms with Crippen molar-refractivity contribution in [1.29, 1.82) is 0 Å². The van der Waals surface area contributed by atoms with Gasteiger partial charge in [-0.15, -0.1) is 22.7 Å². The SMILES string of the molecule is C=C(C)CSc1nc2scc(-c3cccs3)c2c(=O)n1CC. The molecule has 0 fully saturated rings. The van der Waals surface area contributed by atoms with Crippen molar-refractivity contribution in [2.75, 3.05) is 5.75 Å². The molecule has 0 N–H and O–H groups in total. The van der Waals surface area contributed by atoms with Gasteiger partial charge in [0.05, 0.1) is 5.39 Å². The van der Waals surface area contributed by atoms with Gasteiger partial charge in [0.15, 0.2) is 5.16 Å². The highest BCUT2D eigenvalue weighted by atomic mass is 32.2. The molecule has 22 heavy (non-hydrogen) atoms. The van der Waals surface area contributed by atoms with Crippen molar-refractivity contribution in [3.63, 3.8) is 0 Å². The van der Waals surface area contributed by atoms with Gasteiger partial charge in [-0.2, -0.15) is 0 Å². The van der Waals surface area contributed by atoms with E-state index in [-0.39, 0.29) is 5.56 Å². The van der Waals surface area contributed by atoms with E-state index in [4.69, 9.17) is 4.98 Å². The normalized spacial score (nSPS) is 11.2. The number of thioether (sulfide) groups is 1. The van der Waals surface area contributed by atoms with Crippen molar-refractivity contribution in [1.82, 2.24) is 9.55 Å². The van der Waals surface area contributed by atoms with Crippen LogP contribution in [0.25, 0.3) is 20.7 Å². The topological polar surface area (TPSA) is 34.9 Å². The zero-order chi connectivity index (χ0) is 15.7. The monoisotopic (exact) mass is 348 g/mol. The van der Waals surface area contributed by atoms with Crippen LogP contribution in [-0.4, -0.2) is 15.3 Å². The Hall–Kier alpha value is -1.37. The van der Waals surface area contributed by atoms with Crippen LogP contribution in [-0.2, 0) is 6.54 Å². The van der Waals surface area contributed by atoms with Gasteiger partial charge in [-0.25, -0.2) is 4.98 Å². The van der Waals surface area contributed by atoms with E-state index >= 15 is 0 Å². The Balaban J connectivity index is 2.18. The molecule has 0 spiro atoms. The molecule has 0 radical (unpaired) electrons. The molecule has 0 bridgehead atoms. The molecule has 6 heteroatoms. The molecular weight excluding hydrogens is 332 g/mol. The molecule has 0 aliphatic heterocycles. The maximum atomic E-state index is 12.9. The third-order valence-electron chi connectivity index (χ3n) is 3.21. The van der Waals surface area contributed by atoms with Crippen molar-refractivity contribution in [2.24, 2.45) is 0 Å². The molecule has 0 saturated heterocycles. The fraction of sp³-hybridized carbons (Fsp3) is 0.250. The quantitative estimate of drug-likeness (QED) is 0.375. The fourth-order valence-corrected chi connectivity index (χ4v) is 4.90. The first-order valence-corrected chi connectivity index (χ1v) is 9.69. The van der Waals surface area contributed by atoms with Crippen molar-refractivity contribution in [3.05, 3.63) is 45.4 Å². The minimum Gasteiger partial charge on any atom is -0.287 e. The maximum Gasteiger partial charge on any atom is 0.263 e. The number of fused-ring (bicyclic) bond motifs is 1. The molecule has 3 aromatic rings. The van der Waals surface area contributed by atoms with E-state index in [1.807, 2.05) is 36.7 Å². The van der Waals surface area contributed by atoms with Gasteiger partial charge in [0.2, 0.25) is 0 Å². The van der Waals surface area contributed by atoms with E-state index in [1.165, 1.54) is 0 Å². The van der Waals surface area contributed by atoms with E-state index in [1.54, 1.807) is 39.0 Å². The third-order valence-corrected chi connectivity index (χ3v) is 6.19. The zero-order valence-electron chi connectivity index (χ0n) is 12.5. The lowest BCUT2D eigenvalue weighted by molar-refractivity contribution is 0.636. The second-order valence-electron chi connectivity index (χ2n) is 5.00. The molecule has 3 heterocycles. The van der Waals surface area contributed by atoms with Crippen molar-refractivity contribution >= 4 is 44.7 Å². The van der Waals surface area contributed by atoms with Gasteiger partial charge < -0.3 is 0 Å². The minimum atomic E-state index is 0.0568. The Morgan fingerprint density at radius 3 is 2.91 bits per heavy atom. The summed E-state index contributed by atoms with van der Waals surface area (Å²) in [6.07, 6.45) is 0. The van der Waals surface area contributed by atoms with Gasteiger partial charge >= 0.3 is 0 Å². The van der Waals surface area contributed by atoms with Crippen LogP contribution in [0.4, 0.5) is 0 Å². The van der Waals surface area contributed by atoms with Gasteiger partial charge in [-0.3, -0.25) is 9.36 Å². The molecule has 114 valence electrons. The van der Waals surface area contributed by atoms with Crippen LogP contribution in [0.15, 0.2) is 45.0 Å². The van der Waals surface area contributed by atoms with Crippen LogP contribution < -0.4 is 5.56 Å². The molecule has 0 aliphatic rings. The third kappa shape index (κ3) is 2.78. The van der Waals surface area contributed by atoms with Crippen LogP contribution in [0.2, 0.25) is 0 Å². The lowest BCUT2D eigenvalue weighted by atomic mass is 10.2. The van der Waals surface area contributed by atoms with Crippen LogP contribution in [0.1, 0.15) is 13.8 Å². The van der Waals surface area contributed by atoms with Crippen molar-refractivity contribution in [3.8, 4) is 10.4 Å². The van der Waals surface area contributed by atoms with E-state index in [2.05, 4.69) is 6.58 Å². The van der Waals surface area contributed by atoms with E-state index in [9.17, 15) is 4.79 Å². The Labute approximate surface area is 141 Å². The lowest BCUT2D eigenvalue weighted by Gasteiger charge is -2.10. The van der Waals surface area contributed by atoms with E-state index in [0.29, 0.717) is 6.54 Å². The molecule has 3 aromatic heterocycles. The summed E-state index contributed by atoms with van der Waals surface area (Å²) in [7, 11) is 0. The largest absolute Gasteiger partial charge is 0.287 e. The van der Waals surface area contributed by atoms with Crippen molar-refractivity contribution < 1.29 is 0 Å². The molecule has 3 rings (SSSR count). The Morgan fingerprint density at radius 1 is 1.45 bits per heavy atom. The second kappa shape index (κ2) is 6.40. The maximum absolute atomic E-state index is 12.9. The average molecular weight is 349 g/mol. The summed E-state index contributed by atoms with van der Waals surface area (Å²) in [5, 5.41) is 5.59. The van der Waals surface area contributed by atoms with Crippen LogP contribution in [0.5, 0.6) is 0 Å². The molecule has 0 unspecified atom stereocenters. The van der Waals surface area contributed by atoms with Crippen molar-refractivity contribution in [2.45, 2.75) is 25.5 Å². The number of aromatic nitrogens is 2.